The third-order valence-corrected chi connectivity index (χ3v) is 5.04. The highest BCUT2D eigenvalue weighted by molar-refractivity contribution is 9.10. The minimum atomic E-state index is -0.0397. The van der Waals surface area contributed by atoms with Crippen LogP contribution in [-0.2, 0) is 17.6 Å². The number of aryl methyl sites for hydroxylation is 1. The van der Waals surface area contributed by atoms with Crippen molar-refractivity contribution in [3.8, 4) is 0 Å². The first-order valence-corrected chi connectivity index (χ1v) is 8.15. The lowest BCUT2D eigenvalue weighted by molar-refractivity contribution is -0.120. The molecule has 0 fully saturated rings. The Morgan fingerprint density at radius 1 is 1.38 bits per heavy atom. The summed E-state index contributed by atoms with van der Waals surface area (Å²) in [6, 6.07) is 6.17. The standard InChI is InChI=1S/C16H16BrN3O/c17-11-4-5-15-10(8-11)6-7-20(15)16(21)12-2-1-3-14-13(12)9-18-19-14/h4-5,8-9,12H,1-3,6-7H2,(H,18,19)/t12-/m0/s1. The van der Waals surface area contributed by atoms with Crippen LogP contribution in [0.5, 0.6) is 0 Å². The molecule has 0 spiro atoms. The number of amides is 1. The number of H-pyrrole nitrogens is 1. The molecule has 4 rings (SSSR count). The quantitative estimate of drug-likeness (QED) is 0.862. The zero-order valence-electron chi connectivity index (χ0n) is 11.6. The summed E-state index contributed by atoms with van der Waals surface area (Å²) in [5.41, 5.74) is 4.55. The number of nitrogens with one attached hydrogen (secondary N) is 1. The number of carbonyl (C=O) groups is 1. The fourth-order valence-corrected chi connectivity index (χ4v) is 3.91. The van der Waals surface area contributed by atoms with Crippen molar-refractivity contribution in [3.63, 3.8) is 0 Å². The molecule has 4 nitrogen and oxygen atoms in total. The average Bonchev–Trinajstić information content (AvgIpc) is 3.11. The first kappa shape index (κ1) is 13.1. The Labute approximate surface area is 131 Å². The highest BCUT2D eigenvalue weighted by Gasteiger charge is 2.34. The van der Waals surface area contributed by atoms with Crippen molar-refractivity contribution in [3.05, 3.63) is 45.7 Å². The van der Waals surface area contributed by atoms with E-state index < -0.39 is 0 Å². The largest absolute Gasteiger partial charge is 0.311 e. The van der Waals surface area contributed by atoms with Gasteiger partial charge in [-0.2, -0.15) is 5.10 Å². The van der Waals surface area contributed by atoms with E-state index in [1.807, 2.05) is 23.2 Å². The van der Waals surface area contributed by atoms with Crippen molar-refractivity contribution in [2.24, 2.45) is 0 Å². The van der Waals surface area contributed by atoms with E-state index in [0.29, 0.717) is 0 Å². The van der Waals surface area contributed by atoms with Crippen molar-refractivity contribution in [2.45, 2.75) is 31.6 Å². The van der Waals surface area contributed by atoms with Crippen LogP contribution in [0.15, 0.2) is 28.9 Å². The van der Waals surface area contributed by atoms with Crippen LogP contribution in [0, 0.1) is 0 Å². The Kier molecular flexibility index (Phi) is 3.10. The number of aromatic nitrogens is 2. The number of halogens is 1. The van der Waals surface area contributed by atoms with Gasteiger partial charge in [-0.1, -0.05) is 15.9 Å². The van der Waals surface area contributed by atoms with E-state index in [1.165, 1.54) is 5.56 Å². The topological polar surface area (TPSA) is 49.0 Å². The normalized spacial score (nSPS) is 20.2. The minimum Gasteiger partial charge on any atom is -0.311 e. The molecule has 5 heteroatoms. The van der Waals surface area contributed by atoms with Crippen LogP contribution >= 0.6 is 15.9 Å². The van der Waals surface area contributed by atoms with E-state index in [1.54, 1.807) is 0 Å². The lowest BCUT2D eigenvalue weighted by atomic mass is 9.86. The number of aromatic amines is 1. The molecule has 0 unspecified atom stereocenters. The Morgan fingerprint density at radius 2 is 2.29 bits per heavy atom. The van der Waals surface area contributed by atoms with Gasteiger partial charge in [-0.3, -0.25) is 9.89 Å². The SMILES string of the molecule is O=C([C@H]1CCCc2[nH]ncc21)N1CCc2cc(Br)ccc21. The van der Waals surface area contributed by atoms with Gasteiger partial charge in [-0.25, -0.2) is 0 Å². The Morgan fingerprint density at radius 3 is 3.19 bits per heavy atom. The summed E-state index contributed by atoms with van der Waals surface area (Å²) in [4.78, 5) is 14.9. The number of carbonyl (C=O) groups excluding carboxylic acids is 1. The van der Waals surface area contributed by atoms with Gasteiger partial charge < -0.3 is 4.90 Å². The molecule has 0 bridgehead atoms. The van der Waals surface area contributed by atoms with Crippen LogP contribution in [0.3, 0.4) is 0 Å². The van der Waals surface area contributed by atoms with Gasteiger partial charge in [0.1, 0.15) is 0 Å². The van der Waals surface area contributed by atoms with Crippen LogP contribution < -0.4 is 4.90 Å². The van der Waals surface area contributed by atoms with Crippen LogP contribution in [0.4, 0.5) is 5.69 Å². The first-order chi connectivity index (χ1) is 10.2. The third kappa shape index (κ3) is 2.11. The van der Waals surface area contributed by atoms with Gasteiger partial charge >= 0.3 is 0 Å². The summed E-state index contributed by atoms with van der Waals surface area (Å²) in [5, 5.41) is 7.15. The summed E-state index contributed by atoms with van der Waals surface area (Å²) in [6.45, 7) is 0.786. The van der Waals surface area contributed by atoms with E-state index in [2.05, 4.69) is 32.2 Å². The molecule has 1 aliphatic heterocycles. The van der Waals surface area contributed by atoms with Gasteiger partial charge in [0.05, 0.1) is 12.1 Å². The van der Waals surface area contributed by atoms with Crippen molar-refractivity contribution in [2.75, 3.05) is 11.4 Å². The third-order valence-electron chi connectivity index (χ3n) is 4.55. The Bertz CT molecular complexity index is 709. The van der Waals surface area contributed by atoms with Crippen molar-refractivity contribution < 1.29 is 4.79 Å². The van der Waals surface area contributed by atoms with Crippen LogP contribution in [0.25, 0.3) is 0 Å². The summed E-state index contributed by atoms with van der Waals surface area (Å²) < 4.78 is 1.07. The number of anilines is 1. The van der Waals surface area contributed by atoms with E-state index in [0.717, 1.165) is 53.6 Å². The maximum Gasteiger partial charge on any atom is 0.234 e. The highest BCUT2D eigenvalue weighted by Crippen LogP contribution is 2.36. The zero-order valence-corrected chi connectivity index (χ0v) is 13.2. The molecule has 2 aromatic rings. The molecule has 2 aliphatic rings. The van der Waals surface area contributed by atoms with Gasteiger partial charge in [-0.05, 0) is 49.4 Å². The van der Waals surface area contributed by atoms with Crippen molar-refractivity contribution in [1.82, 2.24) is 10.2 Å². The molecule has 2 heterocycles. The van der Waals surface area contributed by atoms with Crippen LogP contribution in [0.2, 0.25) is 0 Å². The maximum atomic E-state index is 13.0. The summed E-state index contributed by atoms with van der Waals surface area (Å²) in [5.74, 6) is 0.181. The molecule has 1 aromatic carbocycles. The smallest absolute Gasteiger partial charge is 0.234 e. The lowest BCUT2D eigenvalue weighted by Crippen LogP contribution is -2.35. The summed E-state index contributed by atoms with van der Waals surface area (Å²) in [6.07, 6.45) is 5.74. The van der Waals surface area contributed by atoms with Gasteiger partial charge in [0.25, 0.3) is 0 Å². The molecule has 0 saturated carbocycles. The lowest BCUT2D eigenvalue weighted by Gasteiger charge is -2.26. The number of hydrogen-bond donors (Lipinski definition) is 1. The molecule has 108 valence electrons. The molecule has 0 saturated heterocycles. The monoisotopic (exact) mass is 345 g/mol. The molecule has 1 N–H and O–H groups in total. The van der Waals surface area contributed by atoms with Gasteiger partial charge in [0, 0.05) is 28.0 Å². The van der Waals surface area contributed by atoms with E-state index in [9.17, 15) is 4.79 Å². The molecule has 1 aliphatic carbocycles. The maximum absolute atomic E-state index is 13.0. The predicted octanol–water partition coefficient (Wildman–Crippen LogP) is 3.18. The fraction of sp³-hybridized carbons (Fsp3) is 0.375. The molecule has 0 radical (unpaired) electrons. The van der Waals surface area contributed by atoms with Gasteiger partial charge in [0.2, 0.25) is 5.91 Å². The molecule has 1 atom stereocenters. The van der Waals surface area contributed by atoms with Crippen molar-refractivity contribution in [1.29, 1.82) is 0 Å². The number of fused-ring (bicyclic) bond motifs is 2. The second kappa shape index (κ2) is 4.98. The Balaban J connectivity index is 1.67. The second-order valence-electron chi connectivity index (χ2n) is 5.76. The van der Waals surface area contributed by atoms with Crippen molar-refractivity contribution >= 4 is 27.5 Å². The average molecular weight is 346 g/mol. The number of rotatable bonds is 1. The fourth-order valence-electron chi connectivity index (χ4n) is 3.51. The molecular formula is C16H16BrN3O. The predicted molar refractivity (Wildman–Crippen MR) is 84.5 cm³/mol. The molecular weight excluding hydrogens is 330 g/mol. The summed E-state index contributed by atoms with van der Waals surface area (Å²) >= 11 is 3.50. The molecule has 1 amide bonds. The van der Waals surface area contributed by atoms with Gasteiger partial charge in [-0.15, -0.1) is 0 Å². The highest BCUT2D eigenvalue weighted by atomic mass is 79.9. The Hall–Kier alpha value is -1.62. The zero-order chi connectivity index (χ0) is 14.4. The van der Waals surface area contributed by atoms with Crippen LogP contribution in [0.1, 0.15) is 35.6 Å². The van der Waals surface area contributed by atoms with E-state index in [-0.39, 0.29) is 11.8 Å². The number of hydrogen-bond acceptors (Lipinski definition) is 2. The molecule has 1 aromatic heterocycles. The first-order valence-electron chi connectivity index (χ1n) is 7.36. The summed E-state index contributed by atoms with van der Waals surface area (Å²) in [7, 11) is 0. The number of nitrogens with zero attached hydrogens (tertiary/aromatic N) is 2. The molecule has 21 heavy (non-hydrogen) atoms. The number of benzene rings is 1. The van der Waals surface area contributed by atoms with E-state index in [4.69, 9.17) is 0 Å². The minimum absolute atomic E-state index is 0.0397. The second-order valence-corrected chi connectivity index (χ2v) is 6.68. The van der Waals surface area contributed by atoms with Gasteiger partial charge in [0.15, 0.2) is 0 Å². The van der Waals surface area contributed by atoms with E-state index >= 15 is 0 Å². The van der Waals surface area contributed by atoms with Crippen LogP contribution in [-0.4, -0.2) is 22.6 Å².